The molecule has 21 heavy (non-hydrogen) atoms. The van der Waals surface area contributed by atoms with Gasteiger partial charge in [-0.05, 0) is 43.4 Å². The highest BCUT2D eigenvalue weighted by Crippen LogP contribution is 2.48. The van der Waals surface area contributed by atoms with E-state index in [1.807, 2.05) is 0 Å². The minimum absolute atomic E-state index is 0.195. The number of hydrogen-bond donors (Lipinski definition) is 1. The summed E-state index contributed by atoms with van der Waals surface area (Å²) in [5, 5.41) is 12.0. The molecule has 0 spiro atoms. The minimum atomic E-state index is -0.671. The summed E-state index contributed by atoms with van der Waals surface area (Å²) in [6, 6.07) is 5.23. The van der Waals surface area contributed by atoms with Gasteiger partial charge in [0.25, 0.3) is 0 Å². The van der Waals surface area contributed by atoms with E-state index in [4.69, 9.17) is 10.00 Å². The average Bonchev–Trinajstić information content (AvgIpc) is 3.32. The van der Waals surface area contributed by atoms with Crippen LogP contribution in [0, 0.1) is 28.4 Å². The summed E-state index contributed by atoms with van der Waals surface area (Å²) in [4.78, 5) is 0. The van der Waals surface area contributed by atoms with Crippen molar-refractivity contribution < 1.29 is 13.5 Å². The second-order valence-electron chi connectivity index (χ2n) is 6.17. The molecule has 0 saturated heterocycles. The van der Waals surface area contributed by atoms with Crippen LogP contribution in [0.15, 0.2) is 12.1 Å². The molecule has 2 aliphatic rings. The van der Waals surface area contributed by atoms with E-state index >= 15 is 0 Å². The molecule has 0 bridgehead atoms. The SMILES string of the molecule is N#CCC1(COc2c(F)cc(CNC3CC3)cc2F)CC1. The van der Waals surface area contributed by atoms with Crippen molar-refractivity contribution in [2.24, 2.45) is 5.41 Å². The Hall–Kier alpha value is -1.67. The predicted octanol–water partition coefficient (Wildman–Crippen LogP) is 3.29. The fourth-order valence-electron chi connectivity index (χ4n) is 2.34. The van der Waals surface area contributed by atoms with Crippen LogP contribution in [-0.4, -0.2) is 12.6 Å². The Morgan fingerprint density at radius 3 is 2.48 bits per heavy atom. The normalized spacial score (nSPS) is 19.1. The van der Waals surface area contributed by atoms with Crippen LogP contribution in [0.4, 0.5) is 8.78 Å². The maximum absolute atomic E-state index is 14.0. The van der Waals surface area contributed by atoms with Crippen LogP contribution in [0.2, 0.25) is 0 Å². The van der Waals surface area contributed by atoms with Crippen LogP contribution in [0.3, 0.4) is 0 Å². The summed E-state index contributed by atoms with van der Waals surface area (Å²) in [5.41, 5.74) is 0.391. The molecule has 2 fully saturated rings. The predicted molar refractivity (Wildman–Crippen MR) is 73.6 cm³/mol. The lowest BCUT2D eigenvalue weighted by Crippen LogP contribution is -2.16. The fraction of sp³-hybridized carbons (Fsp3) is 0.562. The van der Waals surface area contributed by atoms with E-state index in [1.165, 1.54) is 12.1 Å². The first kappa shape index (κ1) is 14.3. The largest absolute Gasteiger partial charge is 0.487 e. The molecule has 0 atom stereocenters. The van der Waals surface area contributed by atoms with Gasteiger partial charge in [-0.2, -0.15) is 5.26 Å². The zero-order chi connectivity index (χ0) is 14.9. The van der Waals surface area contributed by atoms with Gasteiger partial charge in [0.05, 0.1) is 12.7 Å². The standard InChI is InChI=1S/C16H18F2N2O/c17-13-7-11(9-20-12-1-2-12)8-14(18)15(13)21-10-16(3-4-16)5-6-19/h7-8,12,20H,1-5,9-10H2. The number of rotatable bonds is 7. The van der Waals surface area contributed by atoms with Crippen molar-refractivity contribution in [3.8, 4) is 11.8 Å². The van der Waals surface area contributed by atoms with Gasteiger partial charge in [-0.25, -0.2) is 8.78 Å². The highest BCUT2D eigenvalue weighted by Gasteiger charge is 2.43. The van der Waals surface area contributed by atoms with Crippen molar-refractivity contribution in [3.63, 3.8) is 0 Å². The lowest BCUT2D eigenvalue weighted by atomic mass is 10.1. The van der Waals surface area contributed by atoms with Crippen molar-refractivity contribution >= 4 is 0 Å². The van der Waals surface area contributed by atoms with E-state index in [-0.39, 0.29) is 17.8 Å². The van der Waals surface area contributed by atoms with Crippen LogP contribution < -0.4 is 10.1 Å². The number of ether oxygens (including phenoxy) is 1. The molecule has 2 aliphatic carbocycles. The Balaban J connectivity index is 1.63. The lowest BCUT2D eigenvalue weighted by Gasteiger charge is -2.15. The van der Waals surface area contributed by atoms with Gasteiger partial charge in [-0.1, -0.05) is 0 Å². The number of nitrogens with one attached hydrogen (secondary N) is 1. The Morgan fingerprint density at radius 2 is 1.95 bits per heavy atom. The van der Waals surface area contributed by atoms with Gasteiger partial charge in [0.15, 0.2) is 17.4 Å². The van der Waals surface area contributed by atoms with Gasteiger partial charge < -0.3 is 10.1 Å². The Kier molecular flexibility index (Phi) is 3.81. The van der Waals surface area contributed by atoms with E-state index in [2.05, 4.69) is 11.4 Å². The van der Waals surface area contributed by atoms with E-state index in [1.54, 1.807) is 0 Å². The van der Waals surface area contributed by atoms with Crippen LogP contribution in [0.5, 0.6) is 5.75 Å². The molecule has 0 aliphatic heterocycles. The van der Waals surface area contributed by atoms with Gasteiger partial charge in [-0.15, -0.1) is 0 Å². The van der Waals surface area contributed by atoms with Crippen LogP contribution in [-0.2, 0) is 6.54 Å². The Labute approximate surface area is 122 Å². The Bertz CT molecular complexity index is 551. The molecule has 3 nitrogen and oxygen atoms in total. The van der Waals surface area contributed by atoms with Crippen LogP contribution >= 0.6 is 0 Å². The molecule has 112 valence electrons. The van der Waals surface area contributed by atoms with Crippen molar-refractivity contribution in [2.45, 2.75) is 44.7 Å². The highest BCUT2D eigenvalue weighted by atomic mass is 19.1. The highest BCUT2D eigenvalue weighted by molar-refractivity contribution is 5.31. The van der Waals surface area contributed by atoms with Gasteiger partial charge >= 0.3 is 0 Å². The molecule has 5 heteroatoms. The van der Waals surface area contributed by atoms with E-state index in [0.29, 0.717) is 24.6 Å². The third-order valence-corrected chi connectivity index (χ3v) is 4.16. The summed E-state index contributed by atoms with van der Waals surface area (Å²) in [6.07, 6.45) is 4.40. The maximum atomic E-state index is 14.0. The monoisotopic (exact) mass is 292 g/mol. The molecular formula is C16H18F2N2O. The van der Waals surface area contributed by atoms with Crippen molar-refractivity contribution in [1.29, 1.82) is 5.26 Å². The molecule has 0 unspecified atom stereocenters. The molecule has 0 amide bonds. The summed E-state index contributed by atoms with van der Waals surface area (Å²) < 4.78 is 33.3. The molecule has 3 rings (SSSR count). The first-order valence-electron chi connectivity index (χ1n) is 7.33. The van der Waals surface area contributed by atoms with E-state index in [9.17, 15) is 8.78 Å². The number of nitrogens with zero attached hydrogens (tertiary/aromatic N) is 1. The van der Waals surface area contributed by atoms with Gasteiger partial charge in [-0.3, -0.25) is 0 Å². The molecular weight excluding hydrogens is 274 g/mol. The molecule has 1 aromatic rings. The van der Waals surface area contributed by atoms with E-state index < -0.39 is 11.6 Å². The molecule has 0 heterocycles. The second kappa shape index (κ2) is 5.61. The zero-order valence-electron chi connectivity index (χ0n) is 11.8. The van der Waals surface area contributed by atoms with Crippen molar-refractivity contribution in [3.05, 3.63) is 29.3 Å². The first-order chi connectivity index (χ1) is 10.1. The average molecular weight is 292 g/mol. The summed E-state index contributed by atoms with van der Waals surface area (Å²) in [6.45, 7) is 0.672. The lowest BCUT2D eigenvalue weighted by molar-refractivity contribution is 0.218. The maximum Gasteiger partial charge on any atom is 0.190 e. The summed E-state index contributed by atoms with van der Waals surface area (Å²) in [7, 11) is 0. The van der Waals surface area contributed by atoms with Crippen LogP contribution in [0.25, 0.3) is 0 Å². The molecule has 2 saturated carbocycles. The smallest absolute Gasteiger partial charge is 0.190 e. The number of nitriles is 1. The van der Waals surface area contributed by atoms with Crippen LogP contribution in [0.1, 0.15) is 37.7 Å². The zero-order valence-corrected chi connectivity index (χ0v) is 11.8. The van der Waals surface area contributed by atoms with Gasteiger partial charge in [0, 0.05) is 24.4 Å². The Morgan fingerprint density at radius 1 is 1.29 bits per heavy atom. The van der Waals surface area contributed by atoms with Gasteiger partial charge in [0.2, 0.25) is 0 Å². The van der Waals surface area contributed by atoms with E-state index in [0.717, 1.165) is 25.7 Å². The molecule has 1 N–H and O–H groups in total. The second-order valence-corrected chi connectivity index (χ2v) is 6.17. The fourth-order valence-corrected chi connectivity index (χ4v) is 2.34. The number of halogens is 2. The number of benzene rings is 1. The van der Waals surface area contributed by atoms with Crippen molar-refractivity contribution in [1.82, 2.24) is 5.32 Å². The molecule has 1 aromatic carbocycles. The van der Waals surface area contributed by atoms with Crippen molar-refractivity contribution in [2.75, 3.05) is 6.61 Å². The summed E-state index contributed by atoms with van der Waals surface area (Å²) >= 11 is 0. The molecule has 0 aromatic heterocycles. The molecule has 0 radical (unpaired) electrons. The first-order valence-corrected chi connectivity index (χ1v) is 7.33. The topological polar surface area (TPSA) is 45.0 Å². The quantitative estimate of drug-likeness (QED) is 0.838. The minimum Gasteiger partial charge on any atom is -0.487 e. The number of hydrogen-bond acceptors (Lipinski definition) is 3. The summed E-state index contributed by atoms with van der Waals surface area (Å²) in [5.74, 6) is -1.67. The third kappa shape index (κ3) is 3.51. The third-order valence-electron chi connectivity index (χ3n) is 4.16. The van der Waals surface area contributed by atoms with Gasteiger partial charge in [0.1, 0.15) is 0 Å².